The molecule has 2 N–H and O–H groups in total. The highest BCUT2D eigenvalue weighted by Gasteiger charge is 2.33. The number of aromatic carboxylic acids is 1. The van der Waals surface area contributed by atoms with E-state index in [4.69, 9.17) is 9.84 Å². The molecule has 1 aliphatic carbocycles. The number of carboxylic acids is 1. The van der Waals surface area contributed by atoms with E-state index < -0.39 is 12.1 Å². The van der Waals surface area contributed by atoms with Crippen LogP contribution in [0.3, 0.4) is 0 Å². The molecule has 19 heavy (non-hydrogen) atoms. The van der Waals surface area contributed by atoms with Gasteiger partial charge in [-0.25, -0.2) is 14.3 Å². The number of nitrogens with zero attached hydrogens (tertiary/aromatic N) is 3. The largest absolute Gasteiger partial charge is 0.476 e. The van der Waals surface area contributed by atoms with Crippen LogP contribution in [0.4, 0.5) is 4.79 Å². The molecular weight excluding hydrogens is 252 g/mol. The van der Waals surface area contributed by atoms with Gasteiger partial charge in [0, 0.05) is 6.04 Å². The van der Waals surface area contributed by atoms with Crippen molar-refractivity contribution in [2.24, 2.45) is 0 Å². The number of aromatic nitrogens is 3. The van der Waals surface area contributed by atoms with Crippen molar-refractivity contribution in [2.75, 3.05) is 6.61 Å². The van der Waals surface area contributed by atoms with Crippen LogP contribution >= 0.6 is 0 Å². The fourth-order valence-electron chi connectivity index (χ4n) is 1.82. The van der Waals surface area contributed by atoms with E-state index >= 15 is 0 Å². The molecule has 2 rings (SSSR count). The Balaban J connectivity index is 1.77. The van der Waals surface area contributed by atoms with Gasteiger partial charge in [0.25, 0.3) is 0 Å². The molecule has 1 aromatic heterocycles. The maximum absolute atomic E-state index is 11.2. The number of hydrogen-bond donors (Lipinski definition) is 2. The summed E-state index contributed by atoms with van der Waals surface area (Å²) in [5.41, 5.74) is -0.0817. The third kappa shape index (κ3) is 3.09. The second-order valence-corrected chi connectivity index (χ2v) is 4.24. The molecule has 0 aliphatic heterocycles. The molecular formula is C11H14N4O4. The number of nitrogens with one attached hydrogen (secondary N) is 1. The van der Waals surface area contributed by atoms with Crippen molar-refractivity contribution in [3.63, 3.8) is 0 Å². The van der Waals surface area contributed by atoms with Gasteiger partial charge in [-0.15, -0.1) is 5.10 Å². The molecule has 1 saturated carbocycles. The third-order valence-electron chi connectivity index (χ3n) is 2.87. The number of carboxylic acid groups (broad SMARTS) is 1. The quantitative estimate of drug-likeness (QED) is 0.755. The van der Waals surface area contributed by atoms with Crippen molar-refractivity contribution in [3.05, 3.63) is 24.5 Å². The third-order valence-corrected chi connectivity index (χ3v) is 2.87. The Bertz CT molecular complexity index is 493. The summed E-state index contributed by atoms with van der Waals surface area (Å²) < 4.78 is 6.30. The van der Waals surface area contributed by atoms with Crippen LogP contribution in [0.15, 0.2) is 18.9 Å². The monoisotopic (exact) mass is 266 g/mol. The molecule has 0 saturated heterocycles. The summed E-state index contributed by atoms with van der Waals surface area (Å²) in [5, 5.41) is 18.7. The minimum atomic E-state index is -1.10. The Morgan fingerprint density at radius 3 is 2.95 bits per heavy atom. The molecule has 1 amide bonds. The van der Waals surface area contributed by atoms with Crippen LogP contribution in [0.25, 0.3) is 0 Å². The standard InChI is InChI=1S/C11H14N4O4/c1-2-3-19-11(18)12-7-4-8(5-7)15-6-9(10(16)17)13-14-15/h2,6-8H,1,3-5H2,(H,12,18)(H,16,17). The maximum atomic E-state index is 11.2. The van der Waals surface area contributed by atoms with Gasteiger partial charge in [0.15, 0.2) is 5.69 Å². The van der Waals surface area contributed by atoms with E-state index in [1.165, 1.54) is 17.0 Å². The van der Waals surface area contributed by atoms with Crippen LogP contribution in [0.2, 0.25) is 0 Å². The molecule has 0 aromatic carbocycles. The maximum Gasteiger partial charge on any atom is 0.407 e. The smallest absolute Gasteiger partial charge is 0.407 e. The summed E-state index contributed by atoms with van der Waals surface area (Å²) in [5.74, 6) is -1.10. The van der Waals surface area contributed by atoms with Crippen LogP contribution in [0, 0.1) is 0 Å². The first-order valence-corrected chi connectivity index (χ1v) is 5.79. The number of ether oxygens (including phenoxy) is 1. The predicted molar refractivity (Wildman–Crippen MR) is 63.7 cm³/mol. The lowest BCUT2D eigenvalue weighted by molar-refractivity contribution is 0.0690. The molecule has 1 fully saturated rings. The Labute approximate surface area is 109 Å². The normalized spacial score (nSPS) is 21.3. The summed E-state index contributed by atoms with van der Waals surface area (Å²) >= 11 is 0. The van der Waals surface area contributed by atoms with Gasteiger partial charge in [-0.05, 0) is 12.8 Å². The number of carbonyl (C=O) groups excluding carboxylic acids is 1. The van der Waals surface area contributed by atoms with E-state index in [9.17, 15) is 9.59 Å². The molecule has 1 heterocycles. The van der Waals surface area contributed by atoms with Crippen molar-refractivity contribution in [3.8, 4) is 0 Å². The zero-order valence-electron chi connectivity index (χ0n) is 10.2. The summed E-state index contributed by atoms with van der Waals surface area (Å²) in [6.45, 7) is 3.62. The van der Waals surface area contributed by atoms with E-state index in [-0.39, 0.29) is 24.4 Å². The molecule has 1 aliphatic rings. The van der Waals surface area contributed by atoms with Crippen LogP contribution < -0.4 is 5.32 Å². The summed E-state index contributed by atoms with van der Waals surface area (Å²) in [4.78, 5) is 21.9. The Morgan fingerprint density at radius 2 is 2.37 bits per heavy atom. The molecule has 8 nitrogen and oxygen atoms in total. The highest BCUT2D eigenvalue weighted by molar-refractivity contribution is 5.84. The average Bonchev–Trinajstić information content (AvgIpc) is 2.79. The zero-order valence-corrected chi connectivity index (χ0v) is 10.2. The molecule has 0 atom stereocenters. The van der Waals surface area contributed by atoms with Gasteiger partial charge in [-0.3, -0.25) is 0 Å². The molecule has 0 radical (unpaired) electrons. The lowest BCUT2D eigenvalue weighted by Gasteiger charge is -2.34. The molecule has 0 unspecified atom stereocenters. The lowest BCUT2D eigenvalue weighted by atomic mass is 9.87. The van der Waals surface area contributed by atoms with Crippen LogP contribution in [-0.4, -0.2) is 44.8 Å². The van der Waals surface area contributed by atoms with Gasteiger partial charge in [0.1, 0.15) is 6.61 Å². The predicted octanol–water partition coefficient (Wildman–Crippen LogP) is 0.592. The first-order valence-electron chi connectivity index (χ1n) is 5.79. The number of rotatable bonds is 5. The van der Waals surface area contributed by atoms with Crippen LogP contribution in [0.1, 0.15) is 29.4 Å². The van der Waals surface area contributed by atoms with E-state index in [1.54, 1.807) is 0 Å². The number of hydrogen-bond acceptors (Lipinski definition) is 5. The van der Waals surface area contributed by atoms with Gasteiger partial charge in [-0.1, -0.05) is 17.9 Å². The van der Waals surface area contributed by atoms with E-state index in [1.807, 2.05) is 0 Å². The fourth-order valence-corrected chi connectivity index (χ4v) is 1.82. The van der Waals surface area contributed by atoms with Crippen LogP contribution in [-0.2, 0) is 4.74 Å². The second kappa shape index (κ2) is 5.51. The molecule has 0 spiro atoms. The van der Waals surface area contributed by atoms with E-state index in [2.05, 4.69) is 22.2 Å². The number of amides is 1. The Hall–Kier alpha value is -2.38. The second-order valence-electron chi connectivity index (χ2n) is 4.24. The van der Waals surface area contributed by atoms with Crippen molar-refractivity contribution in [2.45, 2.75) is 24.9 Å². The highest BCUT2D eigenvalue weighted by Crippen LogP contribution is 2.31. The summed E-state index contributed by atoms with van der Waals surface area (Å²) in [7, 11) is 0. The first-order chi connectivity index (χ1) is 9.10. The highest BCUT2D eigenvalue weighted by atomic mass is 16.5. The van der Waals surface area contributed by atoms with Gasteiger partial charge in [0.2, 0.25) is 0 Å². The van der Waals surface area contributed by atoms with Gasteiger partial charge in [-0.2, -0.15) is 0 Å². The van der Waals surface area contributed by atoms with Crippen molar-refractivity contribution < 1.29 is 19.4 Å². The minimum Gasteiger partial charge on any atom is -0.476 e. The van der Waals surface area contributed by atoms with Gasteiger partial charge < -0.3 is 15.2 Å². The Kier molecular flexibility index (Phi) is 3.79. The summed E-state index contributed by atoms with van der Waals surface area (Å²) in [6.07, 6.45) is 3.75. The lowest BCUT2D eigenvalue weighted by Crippen LogP contribution is -2.45. The molecule has 0 bridgehead atoms. The van der Waals surface area contributed by atoms with E-state index in [0.29, 0.717) is 12.8 Å². The van der Waals surface area contributed by atoms with Gasteiger partial charge in [0.05, 0.1) is 12.2 Å². The van der Waals surface area contributed by atoms with Crippen molar-refractivity contribution >= 4 is 12.1 Å². The average molecular weight is 266 g/mol. The van der Waals surface area contributed by atoms with Gasteiger partial charge >= 0.3 is 12.1 Å². The molecule has 102 valence electrons. The van der Waals surface area contributed by atoms with Crippen molar-refractivity contribution in [1.82, 2.24) is 20.3 Å². The number of carbonyl (C=O) groups is 2. The SMILES string of the molecule is C=CCOC(=O)NC1CC(n2cc(C(=O)O)nn2)C1. The minimum absolute atomic E-state index is 0.0137. The first kappa shape index (κ1) is 13.1. The topological polar surface area (TPSA) is 106 Å². The van der Waals surface area contributed by atoms with Crippen LogP contribution in [0.5, 0.6) is 0 Å². The number of alkyl carbamates (subject to hydrolysis) is 1. The Morgan fingerprint density at radius 1 is 1.63 bits per heavy atom. The molecule has 8 heteroatoms. The zero-order chi connectivity index (χ0) is 13.8. The van der Waals surface area contributed by atoms with Crippen molar-refractivity contribution in [1.29, 1.82) is 0 Å². The molecule has 1 aromatic rings. The summed E-state index contributed by atoms with van der Waals surface area (Å²) in [6, 6.07) is 0.0742. The van der Waals surface area contributed by atoms with E-state index in [0.717, 1.165) is 0 Å². The fraction of sp³-hybridized carbons (Fsp3) is 0.455.